The summed E-state index contributed by atoms with van der Waals surface area (Å²) in [5, 5.41) is 9.35. The number of benzene rings is 2. The van der Waals surface area contributed by atoms with Gasteiger partial charge in [0.2, 0.25) is 5.95 Å². The van der Waals surface area contributed by atoms with Gasteiger partial charge in [0.1, 0.15) is 5.82 Å². The smallest absolute Gasteiger partial charge is 0.206 e. The zero-order chi connectivity index (χ0) is 14.3. The molecule has 0 unspecified atom stereocenters. The second-order valence-corrected chi connectivity index (χ2v) is 4.65. The number of nitrogens with two attached hydrogens (primary N) is 1. The molecule has 0 saturated heterocycles. The lowest BCUT2D eigenvalue weighted by Crippen LogP contribution is -2.03. The fourth-order valence-electron chi connectivity index (χ4n) is 2.07. The summed E-state index contributed by atoms with van der Waals surface area (Å²) >= 11 is 5.90. The van der Waals surface area contributed by atoms with E-state index in [2.05, 4.69) is 4.98 Å². The zero-order valence-corrected chi connectivity index (χ0v) is 10.9. The van der Waals surface area contributed by atoms with E-state index >= 15 is 0 Å². The van der Waals surface area contributed by atoms with Gasteiger partial charge in [0.15, 0.2) is 0 Å². The van der Waals surface area contributed by atoms with Crippen molar-refractivity contribution in [2.75, 3.05) is 5.73 Å². The molecule has 1 aromatic heterocycles. The third kappa shape index (κ3) is 1.87. The topological polar surface area (TPSA) is 67.6 Å². The van der Waals surface area contributed by atoms with Crippen LogP contribution in [0.3, 0.4) is 0 Å². The number of hydrogen-bond acceptors (Lipinski definition) is 3. The summed E-state index contributed by atoms with van der Waals surface area (Å²) in [6, 6.07) is 11.1. The summed E-state index contributed by atoms with van der Waals surface area (Å²) in [5.41, 5.74) is 7.64. The van der Waals surface area contributed by atoms with Gasteiger partial charge in [0.05, 0.1) is 28.4 Å². The van der Waals surface area contributed by atoms with Crippen LogP contribution >= 0.6 is 11.6 Å². The number of nitrogen functional groups attached to an aromatic ring is 1. The second kappa shape index (κ2) is 4.51. The third-order valence-corrected chi connectivity index (χ3v) is 3.19. The van der Waals surface area contributed by atoms with Crippen LogP contribution in [0.5, 0.6) is 0 Å². The molecule has 0 aliphatic carbocycles. The van der Waals surface area contributed by atoms with E-state index in [9.17, 15) is 4.39 Å². The van der Waals surface area contributed by atoms with Crippen molar-refractivity contribution in [1.82, 2.24) is 9.55 Å². The largest absolute Gasteiger partial charge is 0.369 e. The maximum Gasteiger partial charge on any atom is 0.206 e. The summed E-state index contributed by atoms with van der Waals surface area (Å²) in [7, 11) is 0. The number of aromatic nitrogens is 2. The van der Waals surface area contributed by atoms with Gasteiger partial charge in [-0.25, -0.2) is 9.37 Å². The van der Waals surface area contributed by atoms with E-state index in [1.165, 1.54) is 22.8 Å². The Morgan fingerprint density at radius 2 is 2.05 bits per heavy atom. The summed E-state index contributed by atoms with van der Waals surface area (Å²) in [6.45, 7) is 0. The molecule has 0 bridgehead atoms. The number of nitrogens with zero attached hydrogens (tertiary/aromatic N) is 3. The molecule has 3 aromatic rings. The summed E-state index contributed by atoms with van der Waals surface area (Å²) < 4.78 is 15.4. The molecular formula is C14H8ClFN4. The standard InChI is InChI=1S/C14H8ClFN4/c15-9-2-3-10(16)12(6-9)20-13-5-8(7-17)1-4-11(13)19-14(20)18/h1-6H,(H2,18,19). The number of rotatable bonds is 1. The SMILES string of the molecule is N#Cc1ccc2nc(N)n(-c3cc(Cl)ccc3F)c2c1. The predicted molar refractivity (Wildman–Crippen MR) is 75.2 cm³/mol. The highest BCUT2D eigenvalue weighted by Gasteiger charge is 2.14. The average Bonchev–Trinajstić information content (AvgIpc) is 2.76. The van der Waals surface area contributed by atoms with Gasteiger partial charge >= 0.3 is 0 Å². The Bertz CT molecular complexity index is 863. The average molecular weight is 287 g/mol. The molecule has 0 atom stereocenters. The first-order chi connectivity index (χ1) is 9.60. The van der Waals surface area contributed by atoms with Crippen molar-refractivity contribution >= 4 is 28.6 Å². The van der Waals surface area contributed by atoms with Crippen molar-refractivity contribution in [1.29, 1.82) is 5.26 Å². The molecular weight excluding hydrogens is 279 g/mol. The Hall–Kier alpha value is -2.58. The molecule has 0 aliphatic heterocycles. The van der Waals surface area contributed by atoms with Gasteiger partial charge in [-0.1, -0.05) is 11.6 Å². The minimum Gasteiger partial charge on any atom is -0.369 e. The highest BCUT2D eigenvalue weighted by molar-refractivity contribution is 6.30. The Labute approximate surface area is 118 Å². The maximum atomic E-state index is 14.0. The molecule has 2 aromatic carbocycles. The van der Waals surface area contributed by atoms with Gasteiger partial charge in [-0.15, -0.1) is 0 Å². The van der Waals surface area contributed by atoms with E-state index in [1.807, 2.05) is 6.07 Å². The van der Waals surface area contributed by atoms with Crippen LogP contribution in [-0.2, 0) is 0 Å². The van der Waals surface area contributed by atoms with E-state index in [0.29, 0.717) is 21.6 Å². The van der Waals surface area contributed by atoms with Crippen molar-refractivity contribution in [2.45, 2.75) is 0 Å². The lowest BCUT2D eigenvalue weighted by molar-refractivity contribution is 0.620. The first kappa shape index (κ1) is 12.5. The number of imidazole rings is 1. The molecule has 0 aliphatic rings. The van der Waals surface area contributed by atoms with Crippen LogP contribution in [0.15, 0.2) is 36.4 Å². The van der Waals surface area contributed by atoms with Crippen LogP contribution in [0.25, 0.3) is 16.7 Å². The second-order valence-electron chi connectivity index (χ2n) is 4.22. The molecule has 0 amide bonds. The molecule has 6 heteroatoms. The normalized spacial score (nSPS) is 10.7. The van der Waals surface area contributed by atoms with Gasteiger partial charge < -0.3 is 5.73 Å². The monoisotopic (exact) mass is 286 g/mol. The van der Waals surface area contributed by atoms with E-state index in [0.717, 1.165) is 0 Å². The van der Waals surface area contributed by atoms with Crippen molar-refractivity contribution < 1.29 is 4.39 Å². The number of anilines is 1. The maximum absolute atomic E-state index is 14.0. The summed E-state index contributed by atoms with van der Waals surface area (Å²) in [6.07, 6.45) is 0. The Balaban J connectivity index is 2.38. The van der Waals surface area contributed by atoms with Crippen molar-refractivity contribution in [3.63, 3.8) is 0 Å². The number of halogens is 2. The molecule has 1 heterocycles. The third-order valence-electron chi connectivity index (χ3n) is 2.96. The van der Waals surface area contributed by atoms with Gasteiger partial charge in [-0.2, -0.15) is 5.26 Å². The van der Waals surface area contributed by atoms with Crippen LogP contribution in [0.1, 0.15) is 5.56 Å². The molecule has 0 radical (unpaired) electrons. The highest BCUT2D eigenvalue weighted by Crippen LogP contribution is 2.27. The van der Waals surface area contributed by atoms with E-state index < -0.39 is 5.82 Å². The molecule has 0 saturated carbocycles. The van der Waals surface area contributed by atoms with Crippen molar-refractivity contribution in [2.24, 2.45) is 0 Å². The highest BCUT2D eigenvalue weighted by atomic mass is 35.5. The predicted octanol–water partition coefficient (Wildman–Crippen LogP) is 3.27. The first-order valence-corrected chi connectivity index (χ1v) is 6.11. The lowest BCUT2D eigenvalue weighted by atomic mass is 10.2. The van der Waals surface area contributed by atoms with Crippen LogP contribution in [0.4, 0.5) is 10.3 Å². The Morgan fingerprint density at radius 1 is 1.25 bits per heavy atom. The number of fused-ring (bicyclic) bond motifs is 1. The van der Waals surface area contributed by atoms with Gasteiger partial charge in [0.25, 0.3) is 0 Å². The van der Waals surface area contributed by atoms with Crippen LogP contribution in [0.2, 0.25) is 5.02 Å². The quantitative estimate of drug-likeness (QED) is 0.746. The summed E-state index contributed by atoms with van der Waals surface area (Å²) in [5.74, 6) is -0.334. The number of hydrogen-bond donors (Lipinski definition) is 1. The molecule has 20 heavy (non-hydrogen) atoms. The van der Waals surface area contributed by atoms with Crippen LogP contribution in [0, 0.1) is 17.1 Å². The minimum atomic E-state index is -0.470. The molecule has 4 nitrogen and oxygen atoms in total. The number of nitriles is 1. The van der Waals surface area contributed by atoms with Crippen LogP contribution < -0.4 is 5.73 Å². The van der Waals surface area contributed by atoms with Gasteiger partial charge in [-0.3, -0.25) is 4.57 Å². The Morgan fingerprint density at radius 3 is 2.80 bits per heavy atom. The molecule has 98 valence electrons. The van der Waals surface area contributed by atoms with Gasteiger partial charge in [0, 0.05) is 5.02 Å². The molecule has 0 spiro atoms. The van der Waals surface area contributed by atoms with E-state index in [4.69, 9.17) is 22.6 Å². The van der Waals surface area contributed by atoms with Gasteiger partial charge in [-0.05, 0) is 36.4 Å². The van der Waals surface area contributed by atoms with E-state index in [1.54, 1.807) is 18.2 Å². The molecule has 3 rings (SSSR count). The van der Waals surface area contributed by atoms with Crippen molar-refractivity contribution in [3.8, 4) is 11.8 Å². The molecule has 0 fully saturated rings. The first-order valence-electron chi connectivity index (χ1n) is 5.73. The molecule has 2 N–H and O–H groups in total. The van der Waals surface area contributed by atoms with E-state index in [-0.39, 0.29) is 11.6 Å². The fraction of sp³-hybridized carbons (Fsp3) is 0. The fourth-order valence-corrected chi connectivity index (χ4v) is 2.24. The Kier molecular flexibility index (Phi) is 2.81. The minimum absolute atomic E-state index is 0.135. The summed E-state index contributed by atoms with van der Waals surface area (Å²) in [4.78, 5) is 4.16. The zero-order valence-electron chi connectivity index (χ0n) is 10.1. The lowest BCUT2D eigenvalue weighted by Gasteiger charge is -2.08. The van der Waals surface area contributed by atoms with Crippen molar-refractivity contribution in [3.05, 3.63) is 52.8 Å². The van der Waals surface area contributed by atoms with Crippen LogP contribution in [-0.4, -0.2) is 9.55 Å².